The van der Waals surface area contributed by atoms with E-state index in [2.05, 4.69) is 6.92 Å². The second-order valence-corrected chi connectivity index (χ2v) is 12.1. The van der Waals surface area contributed by atoms with Crippen molar-refractivity contribution < 1.29 is 19.2 Å². The van der Waals surface area contributed by atoms with Gasteiger partial charge in [-0.15, -0.1) is 0 Å². The molecule has 6 aliphatic rings. The molecular formula is C32H29N3O4. The van der Waals surface area contributed by atoms with Crippen LogP contribution in [0.15, 0.2) is 72.1 Å². The number of rotatable bonds is 4. The van der Waals surface area contributed by atoms with Gasteiger partial charge < -0.3 is 15.5 Å². The standard InChI is InChI=1S/C32H29N3O4/c1-17-23-16-35(28-13-26(37)20-7-3-5-9-22(20)32(17,23)28)30(39)24(33)10-11-29(38)34-15-18-14-31(18)21-8-4-2-6-19(21)25(36)12-27(31)34/h2-9,12-13,17-18,23-24H,10-11,14-16,33H2,1H3/t17-,18-,23?,24+,31-,32?/m1/s1. The van der Waals surface area contributed by atoms with Crippen LogP contribution in [0.1, 0.15) is 58.0 Å². The summed E-state index contributed by atoms with van der Waals surface area (Å²) in [5.74, 6) is 0.472. The maximum absolute atomic E-state index is 13.6. The Morgan fingerprint density at radius 1 is 0.923 bits per heavy atom. The second kappa shape index (κ2) is 7.42. The lowest BCUT2D eigenvalue weighted by Crippen LogP contribution is -2.45. The average molecular weight is 520 g/mol. The van der Waals surface area contributed by atoms with E-state index >= 15 is 0 Å². The Balaban J connectivity index is 0.985. The van der Waals surface area contributed by atoms with E-state index < -0.39 is 6.04 Å². The van der Waals surface area contributed by atoms with Crippen molar-refractivity contribution in [2.24, 2.45) is 23.5 Å². The van der Waals surface area contributed by atoms with Gasteiger partial charge in [-0.25, -0.2) is 0 Å². The van der Waals surface area contributed by atoms with Gasteiger partial charge in [-0.1, -0.05) is 55.5 Å². The third-order valence-electron chi connectivity index (χ3n) is 10.5. The van der Waals surface area contributed by atoms with E-state index in [1.165, 1.54) is 0 Å². The van der Waals surface area contributed by atoms with Crippen molar-refractivity contribution in [2.45, 2.75) is 43.1 Å². The normalized spacial score (nSPS) is 33.1. The summed E-state index contributed by atoms with van der Waals surface area (Å²) in [6.07, 6.45) is 4.56. The fraction of sp³-hybridized carbons (Fsp3) is 0.375. The van der Waals surface area contributed by atoms with Crippen molar-refractivity contribution in [3.63, 3.8) is 0 Å². The highest BCUT2D eigenvalue weighted by Crippen LogP contribution is 2.70. The number of nitrogens with two attached hydrogens (primary N) is 1. The summed E-state index contributed by atoms with van der Waals surface area (Å²) in [6.45, 7) is 3.32. The number of carbonyl (C=O) groups is 4. The first-order chi connectivity index (χ1) is 18.8. The van der Waals surface area contributed by atoms with Gasteiger partial charge in [0.05, 0.1) is 6.04 Å². The zero-order valence-corrected chi connectivity index (χ0v) is 21.7. The van der Waals surface area contributed by atoms with Gasteiger partial charge >= 0.3 is 0 Å². The number of benzene rings is 2. The lowest BCUT2D eigenvalue weighted by molar-refractivity contribution is -0.131. The van der Waals surface area contributed by atoms with E-state index in [0.717, 1.165) is 40.1 Å². The van der Waals surface area contributed by atoms with Crippen LogP contribution in [0, 0.1) is 17.8 Å². The molecule has 2 amide bonds. The first kappa shape index (κ1) is 23.1. The Labute approximate surface area is 226 Å². The summed E-state index contributed by atoms with van der Waals surface area (Å²) < 4.78 is 0. The minimum absolute atomic E-state index is 0.0592. The van der Waals surface area contributed by atoms with E-state index in [-0.39, 0.29) is 53.0 Å². The van der Waals surface area contributed by atoms with Gasteiger partial charge in [-0.05, 0) is 41.7 Å². The molecule has 2 saturated heterocycles. The van der Waals surface area contributed by atoms with Gasteiger partial charge in [0.2, 0.25) is 11.8 Å². The summed E-state index contributed by atoms with van der Waals surface area (Å²) in [5, 5.41) is 0. The molecule has 4 aliphatic carbocycles. The first-order valence-electron chi connectivity index (χ1n) is 13.9. The van der Waals surface area contributed by atoms with Crippen molar-refractivity contribution in [3.05, 3.63) is 94.3 Å². The van der Waals surface area contributed by atoms with Crippen LogP contribution in [0.25, 0.3) is 0 Å². The van der Waals surface area contributed by atoms with Crippen LogP contribution < -0.4 is 5.73 Å². The predicted octanol–water partition coefficient (Wildman–Crippen LogP) is 3.10. The van der Waals surface area contributed by atoms with Crippen molar-refractivity contribution >= 4 is 23.4 Å². The molecule has 2 spiro atoms. The number of allylic oxidation sites excluding steroid dienone is 4. The molecule has 7 nitrogen and oxygen atoms in total. The Morgan fingerprint density at radius 2 is 1.56 bits per heavy atom. The third kappa shape index (κ3) is 2.71. The molecule has 0 bridgehead atoms. The molecule has 2 unspecified atom stereocenters. The van der Waals surface area contributed by atoms with Crippen LogP contribution in [0.3, 0.4) is 0 Å². The summed E-state index contributed by atoms with van der Waals surface area (Å²) in [7, 11) is 0. The summed E-state index contributed by atoms with van der Waals surface area (Å²) in [6, 6.07) is 14.6. The van der Waals surface area contributed by atoms with E-state index in [1.807, 2.05) is 48.5 Å². The number of hydrogen-bond donors (Lipinski definition) is 1. The number of fused-ring (bicyclic) bond motifs is 2. The number of hydrogen-bond acceptors (Lipinski definition) is 5. The molecule has 8 rings (SSSR count). The maximum Gasteiger partial charge on any atom is 0.243 e. The van der Waals surface area contributed by atoms with Gasteiger partial charge in [-0.3, -0.25) is 19.2 Å². The molecule has 2 aromatic rings. The minimum Gasteiger partial charge on any atom is -0.320 e. The van der Waals surface area contributed by atoms with Crippen molar-refractivity contribution in [1.82, 2.24) is 9.80 Å². The lowest BCUT2D eigenvalue weighted by atomic mass is 9.80. The lowest BCUT2D eigenvalue weighted by Gasteiger charge is -2.32. The quantitative estimate of drug-likeness (QED) is 0.669. The number of piperidine rings is 2. The Hall–Kier alpha value is -3.84. The summed E-state index contributed by atoms with van der Waals surface area (Å²) >= 11 is 0. The molecule has 196 valence electrons. The van der Waals surface area contributed by atoms with Gasteiger partial charge in [0, 0.05) is 65.0 Å². The highest BCUT2D eigenvalue weighted by molar-refractivity contribution is 6.10. The molecule has 2 aromatic carbocycles. The van der Waals surface area contributed by atoms with Crippen LogP contribution in [0.4, 0.5) is 0 Å². The van der Waals surface area contributed by atoms with Crippen LogP contribution in [-0.2, 0) is 20.4 Å². The van der Waals surface area contributed by atoms with E-state index in [0.29, 0.717) is 24.9 Å². The number of ketones is 2. The van der Waals surface area contributed by atoms with Crippen molar-refractivity contribution in [2.75, 3.05) is 13.1 Å². The van der Waals surface area contributed by atoms with Gasteiger partial charge in [0.1, 0.15) is 0 Å². The Morgan fingerprint density at radius 3 is 2.31 bits per heavy atom. The number of likely N-dealkylation sites (tertiary alicyclic amines) is 2. The van der Waals surface area contributed by atoms with Gasteiger partial charge in [-0.2, -0.15) is 0 Å². The second-order valence-electron chi connectivity index (χ2n) is 12.1. The monoisotopic (exact) mass is 519 g/mol. The molecule has 2 heterocycles. The number of carbonyl (C=O) groups excluding carboxylic acids is 4. The molecule has 6 atom stereocenters. The van der Waals surface area contributed by atoms with Crippen LogP contribution >= 0.6 is 0 Å². The zero-order valence-electron chi connectivity index (χ0n) is 21.7. The minimum atomic E-state index is -0.847. The number of nitrogens with zero attached hydrogens (tertiary/aromatic N) is 2. The SMILES string of the molecule is C[C@@H]1C2CN(C(=O)[C@@H](N)CCC(=O)N3C[C@H]4C[C@@]45C3=CC(=O)c3ccccc35)C3=CC(=O)c4ccccc4C321. The van der Waals surface area contributed by atoms with Crippen LogP contribution in [0.2, 0.25) is 0 Å². The summed E-state index contributed by atoms with van der Waals surface area (Å²) in [5.41, 5.74) is 11.0. The molecular weight excluding hydrogens is 490 g/mol. The molecule has 2 saturated carbocycles. The third-order valence-corrected chi connectivity index (χ3v) is 10.5. The smallest absolute Gasteiger partial charge is 0.243 e. The number of amides is 2. The van der Waals surface area contributed by atoms with Crippen LogP contribution in [0.5, 0.6) is 0 Å². The van der Waals surface area contributed by atoms with E-state index in [4.69, 9.17) is 5.73 Å². The molecule has 2 N–H and O–H groups in total. The summed E-state index contributed by atoms with van der Waals surface area (Å²) in [4.78, 5) is 56.1. The molecule has 2 aliphatic heterocycles. The Bertz CT molecular complexity index is 1610. The molecule has 39 heavy (non-hydrogen) atoms. The fourth-order valence-corrected chi connectivity index (χ4v) is 8.50. The fourth-order valence-electron chi connectivity index (χ4n) is 8.50. The van der Waals surface area contributed by atoms with Gasteiger partial charge in [0.15, 0.2) is 11.6 Å². The zero-order chi connectivity index (χ0) is 26.8. The van der Waals surface area contributed by atoms with Crippen molar-refractivity contribution in [1.29, 1.82) is 0 Å². The molecule has 7 heteroatoms. The molecule has 4 fully saturated rings. The maximum atomic E-state index is 13.6. The molecule has 0 radical (unpaired) electrons. The van der Waals surface area contributed by atoms with E-state index in [1.54, 1.807) is 22.0 Å². The average Bonchev–Trinajstić information content (AvgIpc) is 3.70. The Kier molecular flexibility index (Phi) is 4.39. The highest BCUT2D eigenvalue weighted by Gasteiger charge is 2.73. The first-order valence-corrected chi connectivity index (χ1v) is 13.9. The predicted molar refractivity (Wildman–Crippen MR) is 142 cm³/mol. The van der Waals surface area contributed by atoms with Crippen LogP contribution in [-0.4, -0.2) is 52.3 Å². The van der Waals surface area contributed by atoms with Gasteiger partial charge in [0.25, 0.3) is 0 Å². The largest absolute Gasteiger partial charge is 0.320 e. The highest BCUT2D eigenvalue weighted by atomic mass is 16.2. The van der Waals surface area contributed by atoms with E-state index in [9.17, 15) is 19.2 Å². The topological polar surface area (TPSA) is 101 Å². The van der Waals surface area contributed by atoms with Crippen molar-refractivity contribution in [3.8, 4) is 0 Å². The molecule has 0 aromatic heterocycles.